The maximum Gasteiger partial charge on any atom is 0.299 e. The number of nitrogens with one attached hydrogen (secondary N) is 1. The number of methoxy groups -OCH3 is 1. The molecule has 3 rings (SSSR count). The topological polar surface area (TPSA) is 81.9 Å². The van der Waals surface area contributed by atoms with Gasteiger partial charge >= 0.3 is 0 Å². The Morgan fingerprint density at radius 3 is 2.41 bits per heavy atom. The second kappa shape index (κ2) is 8.25. The summed E-state index contributed by atoms with van der Waals surface area (Å²) in [4.78, 5) is 19.9. The summed E-state index contributed by atoms with van der Waals surface area (Å²) in [6.45, 7) is 0.183. The fourth-order valence-electron chi connectivity index (χ4n) is 2.52. The quantitative estimate of drug-likeness (QED) is 0.498. The number of ether oxygens (including phenoxy) is 1. The lowest BCUT2D eigenvalue weighted by Gasteiger charge is -2.15. The van der Waals surface area contributed by atoms with Crippen LogP contribution in [0, 0.1) is 24.4 Å². The third-order valence-electron chi connectivity index (χ3n) is 3.96. The summed E-state index contributed by atoms with van der Waals surface area (Å²) < 4.78 is 59.4. The average Bonchev–Trinajstić information content (AvgIpc) is 2.69. The van der Waals surface area contributed by atoms with E-state index >= 15 is 0 Å². The molecule has 7 nitrogen and oxygen atoms in total. The van der Waals surface area contributed by atoms with Crippen molar-refractivity contribution in [1.29, 1.82) is 0 Å². The molecule has 1 aromatic carbocycles. The van der Waals surface area contributed by atoms with Crippen LogP contribution < -0.4 is 15.6 Å². The number of benzene rings is 1. The predicted molar refractivity (Wildman–Crippen MR) is 95.3 cm³/mol. The number of pyridine rings is 1. The Kier molecular flexibility index (Phi) is 5.76. The molecule has 0 radical (unpaired) electrons. The van der Waals surface area contributed by atoms with Gasteiger partial charge < -0.3 is 10.1 Å². The van der Waals surface area contributed by atoms with Gasteiger partial charge in [-0.1, -0.05) is 0 Å². The Morgan fingerprint density at radius 1 is 1.14 bits per heavy atom. The molecule has 11 heteroatoms. The Hall–Kier alpha value is -3.50. The molecule has 2 heterocycles. The number of hydrogen-bond donors (Lipinski definition) is 1. The lowest BCUT2D eigenvalue weighted by molar-refractivity contribution is 0.397. The smallest absolute Gasteiger partial charge is 0.299 e. The van der Waals surface area contributed by atoms with Crippen molar-refractivity contribution in [1.82, 2.24) is 19.7 Å². The maximum absolute atomic E-state index is 13.5. The van der Waals surface area contributed by atoms with Crippen LogP contribution in [0.2, 0.25) is 0 Å². The minimum Gasteiger partial charge on any atom is -0.481 e. The van der Waals surface area contributed by atoms with Gasteiger partial charge in [-0.3, -0.25) is 4.79 Å². The molecule has 0 spiro atoms. The predicted octanol–water partition coefficient (Wildman–Crippen LogP) is 3.03. The zero-order valence-electron chi connectivity index (χ0n) is 15.3. The minimum absolute atomic E-state index is 0.00298. The van der Waals surface area contributed by atoms with Gasteiger partial charge in [0.2, 0.25) is 11.8 Å². The number of aromatic nitrogens is 4. The van der Waals surface area contributed by atoms with Crippen LogP contribution in [0.3, 0.4) is 0 Å². The first-order chi connectivity index (χ1) is 13.8. The lowest BCUT2D eigenvalue weighted by atomic mass is 10.2. The number of alkyl halides is 1. The molecule has 0 fully saturated rings. The van der Waals surface area contributed by atoms with Gasteiger partial charge in [-0.25, -0.2) is 27.2 Å². The number of rotatable bonds is 6. The summed E-state index contributed by atoms with van der Waals surface area (Å²) in [6.07, 6.45) is 0. The lowest BCUT2D eigenvalue weighted by Crippen LogP contribution is -2.24. The van der Waals surface area contributed by atoms with Gasteiger partial charge in [0.25, 0.3) is 5.56 Å². The Bertz CT molecular complexity index is 1100. The maximum atomic E-state index is 13.5. The van der Waals surface area contributed by atoms with E-state index in [4.69, 9.17) is 4.74 Å². The van der Waals surface area contributed by atoms with Gasteiger partial charge in [-0.05, 0) is 30.7 Å². The molecule has 3 aromatic rings. The Labute approximate surface area is 162 Å². The SMILES string of the molecule is COc1ccc(Nc2nc(=O)c(CF)nn2Cc2cc(F)c(F)c(F)c2)c(C)n1. The van der Waals surface area contributed by atoms with Crippen molar-refractivity contribution in [2.45, 2.75) is 20.1 Å². The summed E-state index contributed by atoms with van der Waals surface area (Å²) in [5.41, 5.74) is -0.446. The van der Waals surface area contributed by atoms with Gasteiger partial charge in [-0.2, -0.15) is 10.1 Å². The highest BCUT2D eigenvalue weighted by Crippen LogP contribution is 2.21. The Balaban J connectivity index is 2.03. The summed E-state index contributed by atoms with van der Waals surface area (Å²) in [5, 5.41) is 6.68. The van der Waals surface area contributed by atoms with Crippen molar-refractivity contribution in [3.63, 3.8) is 0 Å². The van der Waals surface area contributed by atoms with Crippen LogP contribution in [0.25, 0.3) is 0 Å². The molecule has 0 aliphatic carbocycles. The first kappa shape index (κ1) is 20.2. The molecule has 0 unspecified atom stereocenters. The molecular formula is C18H15F4N5O2. The van der Waals surface area contributed by atoms with Gasteiger partial charge in [-0.15, -0.1) is 0 Å². The normalized spacial score (nSPS) is 10.8. The fraction of sp³-hybridized carbons (Fsp3) is 0.222. The van der Waals surface area contributed by atoms with Crippen molar-refractivity contribution in [2.75, 3.05) is 12.4 Å². The molecule has 152 valence electrons. The number of anilines is 2. The molecule has 0 atom stereocenters. The van der Waals surface area contributed by atoms with Crippen molar-refractivity contribution in [3.05, 3.63) is 69.0 Å². The third kappa shape index (κ3) is 4.33. The van der Waals surface area contributed by atoms with Crippen molar-refractivity contribution in [3.8, 4) is 5.88 Å². The molecule has 1 N–H and O–H groups in total. The van der Waals surface area contributed by atoms with Crippen LogP contribution in [-0.4, -0.2) is 26.9 Å². The van der Waals surface area contributed by atoms with Crippen molar-refractivity contribution < 1.29 is 22.3 Å². The minimum atomic E-state index is -1.61. The molecule has 0 amide bonds. The van der Waals surface area contributed by atoms with Crippen LogP contribution >= 0.6 is 0 Å². The van der Waals surface area contributed by atoms with Crippen LogP contribution in [0.1, 0.15) is 17.0 Å². The average molecular weight is 409 g/mol. The Morgan fingerprint density at radius 2 is 1.83 bits per heavy atom. The monoisotopic (exact) mass is 409 g/mol. The highest BCUT2D eigenvalue weighted by Gasteiger charge is 2.15. The van der Waals surface area contributed by atoms with Gasteiger partial charge in [0.15, 0.2) is 23.1 Å². The van der Waals surface area contributed by atoms with E-state index in [0.717, 1.165) is 16.8 Å². The van der Waals surface area contributed by atoms with Crippen LogP contribution in [0.4, 0.5) is 29.2 Å². The largest absolute Gasteiger partial charge is 0.481 e. The zero-order chi connectivity index (χ0) is 21.1. The van der Waals surface area contributed by atoms with Crippen molar-refractivity contribution >= 4 is 11.6 Å². The number of aryl methyl sites for hydroxylation is 1. The van der Waals surface area contributed by atoms with Gasteiger partial charge in [0, 0.05) is 6.07 Å². The number of hydrogen-bond acceptors (Lipinski definition) is 6. The second-order valence-corrected chi connectivity index (χ2v) is 5.96. The highest BCUT2D eigenvalue weighted by atomic mass is 19.2. The van der Waals surface area contributed by atoms with Gasteiger partial charge in [0.1, 0.15) is 6.67 Å². The van der Waals surface area contributed by atoms with E-state index in [1.807, 2.05) is 0 Å². The van der Waals surface area contributed by atoms with E-state index in [2.05, 4.69) is 20.4 Å². The fourth-order valence-corrected chi connectivity index (χ4v) is 2.52. The summed E-state index contributed by atoms with van der Waals surface area (Å²) in [5.74, 6) is -4.13. The zero-order valence-corrected chi connectivity index (χ0v) is 15.3. The van der Waals surface area contributed by atoms with E-state index in [-0.39, 0.29) is 18.1 Å². The van der Waals surface area contributed by atoms with Crippen LogP contribution in [0.15, 0.2) is 29.1 Å². The summed E-state index contributed by atoms with van der Waals surface area (Å²) in [6, 6.07) is 4.72. The molecular weight excluding hydrogens is 394 g/mol. The van der Waals surface area contributed by atoms with E-state index in [0.29, 0.717) is 17.3 Å². The molecule has 29 heavy (non-hydrogen) atoms. The van der Waals surface area contributed by atoms with Crippen molar-refractivity contribution in [2.24, 2.45) is 0 Å². The molecule has 0 saturated carbocycles. The molecule has 0 aliphatic heterocycles. The van der Waals surface area contributed by atoms with E-state index < -0.39 is 35.4 Å². The number of nitrogens with zero attached hydrogens (tertiary/aromatic N) is 4. The molecule has 0 saturated heterocycles. The van der Waals surface area contributed by atoms with Gasteiger partial charge in [0.05, 0.1) is 25.0 Å². The molecule has 0 aliphatic rings. The standard InChI is InChI=1S/C18H15F4N5O2/c1-9-13(3-4-15(23-9)29-2)24-18-25-17(28)14(7-19)26-27(18)8-10-5-11(20)16(22)12(21)6-10/h3-6H,7-8H2,1-2H3,(H,24,25,28). The van der Waals surface area contributed by atoms with Crippen LogP contribution in [-0.2, 0) is 13.2 Å². The first-order valence-corrected chi connectivity index (χ1v) is 8.28. The highest BCUT2D eigenvalue weighted by molar-refractivity contribution is 5.56. The second-order valence-electron chi connectivity index (χ2n) is 5.96. The van der Waals surface area contributed by atoms with E-state index in [1.54, 1.807) is 19.1 Å². The van der Waals surface area contributed by atoms with E-state index in [9.17, 15) is 22.4 Å². The third-order valence-corrected chi connectivity index (χ3v) is 3.96. The molecule has 2 aromatic heterocycles. The summed E-state index contributed by atoms with van der Waals surface area (Å²) in [7, 11) is 1.45. The van der Waals surface area contributed by atoms with E-state index in [1.165, 1.54) is 7.11 Å². The molecule has 0 bridgehead atoms. The first-order valence-electron chi connectivity index (χ1n) is 8.28. The number of halogens is 4. The summed E-state index contributed by atoms with van der Waals surface area (Å²) >= 11 is 0. The van der Waals surface area contributed by atoms with Crippen LogP contribution in [0.5, 0.6) is 5.88 Å².